The van der Waals surface area contributed by atoms with Crippen LogP contribution in [0.15, 0.2) is 0 Å². The molecule has 1 unspecified atom stereocenters. The number of hydrogen-bond acceptors (Lipinski definition) is 7. The van der Waals surface area contributed by atoms with Crippen molar-refractivity contribution in [1.82, 2.24) is 9.97 Å². The van der Waals surface area contributed by atoms with Crippen LogP contribution in [-0.2, 0) is 4.74 Å². The third-order valence-electron chi connectivity index (χ3n) is 4.42. The number of thiophene rings is 1. The van der Waals surface area contributed by atoms with Gasteiger partial charge in [-0.3, -0.25) is 0 Å². The fourth-order valence-electron chi connectivity index (χ4n) is 3.25. The Hall–Kier alpha value is -1.73. The zero-order valence-electron chi connectivity index (χ0n) is 14.3. The Morgan fingerprint density at radius 1 is 1.42 bits per heavy atom. The van der Waals surface area contributed by atoms with Crippen LogP contribution in [0.3, 0.4) is 0 Å². The molecule has 1 aliphatic rings. The topological polar surface area (TPSA) is 75.5 Å². The number of aryl methyl sites for hydroxylation is 2. The summed E-state index contributed by atoms with van der Waals surface area (Å²) in [5.41, 5.74) is 0.884. The molecule has 2 aromatic rings. The minimum Gasteiger partial charge on any atom is -0.462 e. The summed E-state index contributed by atoms with van der Waals surface area (Å²) >= 11 is 1.37. The Morgan fingerprint density at radius 2 is 2.21 bits per heavy atom. The number of aliphatic hydroxyl groups is 1. The number of carbonyl (C=O) groups is 1. The number of piperidine rings is 1. The molecule has 1 aliphatic heterocycles. The second-order valence-electron chi connectivity index (χ2n) is 6.19. The Morgan fingerprint density at radius 3 is 2.92 bits per heavy atom. The van der Waals surface area contributed by atoms with E-state index in [1.807, 2.05) is 13.8 Å². The minimum absolute atomic E-state index is 0.195. The first-order chi connectivity index (χ1) is 11.5. The molecule has 3 heterocycles. The average Bonchev–Trinajstić information content (AvgIpc) is 2.91. The molecule has 0 aliphatic carbocycles. The molecule has 24 heavy (non-hydrogen) atoms. The molecule has 130 valence electrons. The standard InChI is InChI=1S/C17H23N3O3S/c1-4-23-17(22)14-10(2)13-15(18-11(3)19-16(13)24-14)20-7-5-6-12(8-20)9-21/h12,21H,4-9H2,1-3H3. The Labute approximate surface area is 145 Å². The number of ether oxygens (including phenoxy) is 1. The van der Waals surface area contributed by atoms with Crippen LogP contribution in [0.4, 0.5) is 5.82 Å². The molecule has 7 heteroatoms. The van der Waals surface area contributed by atoms with Gasteiger partial charge in [-0.15, -0.1) is 11.3 Å². The van der Waals surface area contributed by atoms with Crippen molar-refractivity contribution in [3.05, 3.63) is 16.3 Å². The highest BCUT2D eigenvalue weighted by atomic mass is 32.1. The SMILES string of the molecule is CCOC(=O)c1sc2nc(C)nc(N3CCCC(CO)C3)c2c1C. The van der Waals surface area contributed by atoms with Gasteiger partial charge in [-0.2, -0.15) is 0 Å². The third kappa shape index (κ3) is 3.10. The molecule has 3 rings (SSSR count). The summed E-state index contributed by atoms with van der Waals surface area (Å²) in [7, 11) is 0. The predicted molar refractivity (Wildman–Crippen MR) is 94.9 cm³/mol. The Balaban J connectivity index is 2.08. The van der Waals surface area contributed by atoms with Gasteiger partial charge in [-0.25, -0.2) is 14.8 Å². The van der Waals surface area contributed by atoms with E-state index < -0.39 is 0 Å². The fourth-order valence-corrected chi connectivity index (χ4v) is 4.36. The van der Waals surface area contributed by atoms with Crippen LogP contribution in [0, 0.1) is 19.8 Å². The van der Waals surface area contributed by atoms with Crippen LogP contribution >= 0.6 is 11.3 Å². The van der Waals surface area contributed by atoms with Gasteiger partial charge in [0.1, 0.15) is 21.3 Å². The fraction of sp³-hybridized carbons (Fsp3) is 0.588. The highest BCUT2D eigenvalue weighted by molar-refractivity contribution is 7.20. The van der Waals surface area contributed by atoms with Crippen molar-refractivity contribution < 1.29 is 14.6 Å². The van der Waals surface area contributed by atoms with Gasteiger partial charge in [0.05, 0.1) is 12.0 Å². The zero-order valence-corrected chi connectivity index (χ0v) is 15.2. The lowest BCUT2D eigenvalue weighted by molar-refractivity contribution is 0.0531. The number of rotatable bonds is 4. The van der Waals surface area contributed by atoms with Crippen LogP contribution in [0.1, 0.15) is 40.8 Å². The van der Waals surface area contributed by atoms with Crippen molar-refractivity contribution >= 4 is 33.3 Å². The second kappa shape index (κ2) is 7.03. The third-order valence-corrected chi connectivity index (χ3v) is 5.59. The number of aliphatic hydroxyl groups excluding tert-OH is 1. The highest BCUT2D eigenvalue weighted by Gasteiger charge is 2.26. The van der Waals surface area contributed by atoms with Crippen LogP contribution in [0.2, 0.25) is 0 Å². The van der Waals surface area contributed by atoms with Gasteiger partial charge in [-0.05, 0) is 45.1 Å². The summed E-state index contributed by atoms with van der Waals surface area (Å²) in [4.78, 5) is 25.0. The number of esters is 1. The summed E-state index contributed by atoms with van der Waals surface area (Å²) in [5, 5.41) is 10.4. The first-order valence-corrected chi connectivity index (χ1v) is 9.17. The van der Waals surface area contributed by atoms with Crippen molar-refractivity contribution in [2.45, 2.75) is 33.6 Å². The summed E-state index contributed by atoms with van der Waals surface area (Å²) in [6.45, 7) is 7.85. The number of fused-ring (bicyclic) bond motifs is 1. The molecular weight excluding hydrogens is 326 g/mol. The van der Waals surface area contributed by atoms with Gasteiger partial charge in [0.2, 0.25) is 0 Å². The average molecular weight is 349 g/mol. The molecule has 1 atom stereocenters. The lowest BCUT2D eigenvalue weighted by Gasteiger charge is -2.33. The first-order valence-electron chi connectivity index (χ1n) is 8.35. The molecule has 0 radical (unpaired) electrons. The molecule has 0 bridgehead atoms. The molecule has 2 aromatic heterocycles. The number of anilines is 1. The monoisotopic (exact) mass is 349 g/mol. The van der Waals surface area contributed by atoms with Crippen LogP contribution < -0.4 is 4.90 Å². The lowest BCUT2D eigenvalue weighted by Crippen LogP contribution is -2.37. The van der Waals surface area contributed by atoms with Gasteiger partial charge in [-0.1, -0.05) is 0 Å². The molecule has 0 amide bonds. The van der Waals surface area contributed by atoms with Crippen LogP contribution in [0.5, 0.6) is 0 Å². The Kier molecular flexibility index (Phi) is 5.01. The summed E-state index contributed by atoms with van der Waals surface area (Å²) < 4.78 is 5.16. The molecule has 0 spiro atoms. The molecular formula is C17H23N3O3S. The number of hydrogen-bond donors (Lipinski definition) is 1. The van der Waals surface area contributed by atoms with Crippen molar-refractivity contribution in [3.63, 3.8) is 0 Å². The smallest absolute Gasteiger partial charge is 0.348 e. The maximum atomic E-state index is 12.2. The molecule has 1 fully saturated rings. The quantitative estimate of drug-likeness (QED) is 0.856. The summed E-state index contributed by atoms with van der Waals surface area (Å²) in [6, 6.07) is 0. The van der Waals surface area contributed by atoms with E-state index in [1.165, 1.54) is 11.3 Å². The van der Waals surface area contributed by atoms with E-state index in [2.05, 4.69) is 14.9 Å². The maximum absolute atomic E-state index is 12.2. The second-order valence-corrected chi connectivity index (χ2v) is 7.19. The van der Waals surface area contributed by atoms with Gasteiger partial charge in [0, 0.05) is 19.7 Å². The van der Waals surface area contributed by atoms with E-state index in [0.717, 1.165) is 47.5 Å². The predicted octanol–water partition coefficient (Wildman–Crippen LogP) is 2.69. The molecule has 1 saturated heterocycles. The van der Waals surface area contributed by atoms with E-state index in [4.69, 9.17) is 4.74 Å². The van der Waals surface area contributed by atoms with E-state index in [1.54, 1.807) is 6.92 Å². The van der Waals surface area contributed by atoms with Gasteiger partial charge in [0.25, 0.3) is 0 Å². The Bertz CT molecular complexity index is 759. The minimum atomic E-state index is -0.298. The largest absolute Gasteiger partial charge is 0.462 e. The molecule has 0 saturated carbocycles. The maximum Gasteiger partial charge on any atom is 0.348 e. The van der Waals surface area contributed by atoms with Crippen LogP contribution in [0.25, 0.3) is 10.2 Å². The van der Waals surface area contributed by atoms with Gasteiger partial charge in [0.15, 0.2) is 0 Å². The molecule has 6 nitrogen and oxygen atoms in total. The lowest BCUT2D eigenvalue weighted by atomic mass is 9.98. The number of carbonyl (C=O) groups excluding carboxylic acids is 1. The number of nitrogens with zero attached hydrogens (tertiary/aromatic N) is 3. The first kappa shape index (κ1) is 17.1. The normalized spacial score (nSPS) is 18.2. The van der Waals surface area contributed by atoms with Gasteiger partial charge < -0.3 is 14.7 Å². The van der Waals surface area contributed by atoms with Crippen molar-refractivity contribution in [2.75, 3.05) is 31.2 Å². The van der Waals surface area contributed by atoms with Crippen molar-refractivity contribution in [3.8, 4) is 0 Å². The number of aromatic nitrogens is 2. The molecule has 0 aromatic carbocycles. The summed E-state index contributed by atoms with van der Waals surface area (Å²) in [5.74, 6) is 1.54. The zero-order chi connectivity index (χ0) is 17.3. The van der Waals surface area contributed by atoms with Crippen molar-refractivity contribution in [1.29, 1.82) is 0 Å². The van der Waals surface area contributed by atoms with E-state index in [9.17, 15) is 9.90 Å². The van der Waals surface area contributed by atoms with E-state index >= 15 is 0 Å². The highest BCUT2D eigenvalue weighted by Crippen LogP contribution is 2.37. The van der Waals surface area contributed by atoms with E-state index in [-0.39, 0.29) is 18.5 Å². The van der Waals surface area contributed by atoms with E-state index in [0.29, 0.717) is 17.3 Å². The molecule has 1 N–H and O–H groups in total. The van der Waals surface area contributed by atoms with Crippen LogP contribution in [-0.4, -0.2) is 47.3 Å². The summed E-state index contributed by atoms with van der Waals surface area (Å²) in [6.07, 6.45) is 2.07. The van der Waals surface area contributed by atoms with Gasteiger partial charge >= 0.3 is 5.97 Å². The van der Waals surface area contributed by atoms with Crippen molar-refractivity contribution in [2.24, 2.45) is 5.92 Å².